The lowest BCUT2D eigenvalue weighted by molar-refractivity contribution is 0.700. The fourth-order valence-electron chi connectivity index (χ4n) is 0.517. The third-order valence-corrected chi connectivity index (χ3v) is 1.82. The van der Waals surface area contributed by atoms with Crippen molar-refractivity contribution in [3.8, 4) is 0 Å². The lowest BCUT2D eigenvalue weighted by Crippen LogP contribution is -2.28. The van der Waals surface area contributed by atoms with Crippen molar-refractivity contribution >= 4 is 11.8 Å². The molecule has 42 valence electrons. The van der Waals surface area contributed by atoms with Crippen molar-refractivity contribution in [3.05, 3.63) is 0 Å². The van der Waals surface area contributed by atoms with Crippen LogP contribution in [0.15, 0.2) is 0 Å². The quantitative estimate of drug-likeness (QED) is 0.377. The van der Waals surface area contributed by atoms with Gasteiger partial charge in [0, 0.05) is 6.54 Å². The molecule has 1 fully saturated rings. The van der Waals surface area contributed by atoms with E-state index in [1.165, 1.54) is 0 Å². The van der Waals surface area contributed by atoms with Crippen LogP contribution < -0.4 is 16.8 Å². The molecular weight excluding hydrogens is 110 g/mol. The SMILES string of the molecule is NC1CNC(N)S1. The average Bonchev–Trinajstić information content (AvgIpc) is 1.87. The third kappa shape index (κ3) is 1.31. The third-order valence-electron chi connectivity index (χ3n) is 0.842. The van der Waals surface area contributed by atoms with Crippen molar-refractivity contribution in [2.75, 3.05) is 6.54 Å². The van der Waals surface area contributed by atoms with E-state index in [4.69, 9.17) is 11.5 Å². The van der Waals surface area contributed by atoms with Gasteiger partial charge in [0.15, 0.2) is 0 Å². The van der Waals surface area contributed by atoms with E-state index in [1.807, 2.05) is 0 Å². The van der Waals surface area contributed by atoms with Crippen molar-refractivity contribution in [1.29, 1.82) is 0 Å². The van der Waals surface area contributed by atoms with Crippen LogP contribution in [0.5, 0.6) is 0 Å². The summed E-state index contributed by atoms with van der Waals surface area (Å²) in [6.07, 6.45) is 0. The minimum Gasteiger partial charge on any atom is -0.318 e. The summed E-state index contributed by atoms with van der Waals surface area (Å²) in [4.78, 5) is 0. The molecule has 1 aliphatic heterocycles. The van der Waals surface area contributed by atoms with Crippen molar-refractivity contribution in [3.63, 3.8) is 0 Å². The Bertz CT molecular complexity index is 59.2. The molecule has 0 saturated carbocycles. The molecule has 0 aliphatic carbocycles. The molecule has 0 radical (unpaired) electrons. The van der Waals surface area contributed by atoms with Crippen LogP contribution in [0.3, 0.4) is 0 Å². The summed E-state index contributed by atoms with van der Waals surface area (Å²) in [6, 6.07) is 0. The van der Waals surface area contributed by atoms with Gasteiger partial charge in [0.1, 0.15) is 5.50 Å². The first-order valence-electron chi connectivity index (χ1n) is 2.19. The van der Waals surface area contributed by atoms with Gasteiger partial charge in [-0.1, -0.05) is 0 Å². The number of hydrogen-bond donors (Lipinski definition) is 3. The van der Waals surface area contributed by atoms with E-state index in [-0.39, 0.29) is 10.9 Å². The zero-order chi connectivity index (χ0) is 5.28. The Hall–Kier alpha value is 0.230. The molecule has 1 saturated heterocycles. The summed E-state index contributed by atoms with van der Waals surface area (Å²) >= 11 is 1.56. The van der Waals surface area contributed by atoms with Crippen LogP contribution in [0.1, 0.15) is 0 Å². The predicted molar refractivity (Wildman–Crippen MR) is 31.5 cm³/mol. The summed E-state index contributed by atoms with van der Waals surface area (Å²) in [5.41, 5.74) is 10.9. The molecular formula is C3H9N3S. The van der Waals surface area contributed by atoms with Crippen LogP contribution in [0, 0.1) is 0 Å². The van der Waals surface area contributed by atoms with Crippen molar-refractivity contribution < 1.29 is 0 Å². The van der Waals surface area contributed by atoms with E-state index in [9.17, 15) is 0 Å². The topological polar surface area (TPSA) is 64.1 Å². The molecule has 3 nitrogen and oxygen atoms in total. The highest BCUT2D eigenvalue weighted by atomic mass is 32.2. The molecule has 5 N–H and O–H groups in total. The highest BCUT2D eigenvalue weighted by molar-refractivity contribution is 8.00. The van der Waals surface area contributed by atoms with Gasteiger partial charge >= 0.3 is 0 Å². The van der Waals surface area contributed by atoms with Gasteiger partial charge < -0.3 is 11.5 Å². The summed E-state index contributed by atoms with van der Waals surface area (Å²) in [7, 11) is 0. The van der Waals surface area contributed by atoms with Gasteiger partial charge in [-0.2, -0.15) is 0 Å². The zero-order valence-corrected chi connectivity index (χ0v) is 4.74. The molecule has 1 aliphatic rings. The van der Waals surface area contributed by atoms with Gasteiger partial charge in [0.25, 0.3) is 0 Å². The smallest absolute Gasteiger partial charge is 0.105 e. The lowest BCUT2D eigenvalue weighted by atomic mass is 10.6. The molecule has 0 aromatic rings. The molecule has 1 rings (SSSR count). The second-order valence-corrected chi connectivity index (χ2v) is 2.89. The average molecular weight is 119 g/mol. The fraction of sp³-hybridized carbons (Fsp3) is 1.00. The molecule has 1 heterocycles. The predicted octanol–water partition coefficient (Wildman–Crippen LogP) is -1.15. The van der Waals surface area contributed by atoms with Crippen LogP contribution in [-0.4, -0.2) is 17.4 Å². The van der Waals surface area contributed by atoms with E-state index in [0.29, 0.717) is 0 Å². The Kier molecular flexibility index (Phi) is 1.53. The Morgan fingerprint density at radius 2 is 2.29 bits per heavy atom. The van der Waals surface area contributed by atoms with E-state index in [2.05, 4.69) is 5.32 Å². The van der Waals surface area contributed by atoms with Crippen molar-refractivity contribution in [2.45, 2.75) is 10.9 Å². The number of thioether (sulfide) groups is 1. The highest BCUT2D eigenvalue weighted by Gasteiger charge is 2.16. The van der Waals surface area contributed by atoms with Gasteiger partial charge in [-0.3, -0.25) is 5.32 Å². The van der Waals surface area contributed by atoms with Gasteiger partial charge in [0.2, 0.25) is 0 Å². The maximum absolute atomic E-state index is 5.45. The first-order chi connectivity index (χ1) is 3.29. The maximum Gasteiger partial charge on any atom is 0.105 e. The van der Waals surface area contributed by atoms with Crippen LogP contribution in [0.25, 0.3) is 0 Å². The van der Waals surface area contributed by atoms with Crippen molar-refractivity contribution in [1.82, 2.24) is 5.32 Å². The zero-order valence-electron chi connectivity index (χ0n) is 3.92. The Morgan fingerprint density at radius 3 is 2.43 bits per heavy atom. The maximum atomic E-state index is 5.45. The van der Waals surface area contributed by atoms with Crippen LogP contribution >= 0.6 is 11.8 Å². The molecule has 0 aromatic heterocycles. The number of nitrogens with one attached hydrogen (secondary N) is 1. The largest absolute Gasteiger partial charge is 0.318 e. The van der Waals surface area contributed by atoms with E-state index >= 15 is 0 Å². The monoisotopic (exact) mass is 119 g/mol. The molecule has 2 unspecified atom stereocenters. The standard InChI is InChI=1S/C3H9N3S/c4-2-1-6-3(5)7-2/h2-3,6H,1,4-5H2. The Balaban J connectivity index is 2.26. The first-order valence-corrected chi connectivity index (χ1v) is 3.13. The second-order valence-electron chi connectivity index (χ2n) is 1.50. The van der Waals surface area contributed by atoms with E-state index < -0.39 is 0 Å². The molecule has 4 heteroatoms. The van der Waals surface area contributed by atoms with Crippen LogP contribution in [0.2, 0.25) is 0 Å². The summed E-state index contributed by atoms with van der Waals surface area (Å²) in [5.74, 6) is 0. The normalized spacial score (nSPS) is 42.0. The Labute approximate surface area is 46.8 Å². The van der Waals surface area contributed by atoms with E-state index in [0.717, 1.165) is 6.54 Å². The second kappa shape index (κ2) is 2.00. The minimum absolute atomic E-state index is 0.0648. The molecule has 0 spiro atoms. The van der Waals surface area contributed by atoms with Gasteiger partial charge in [-0.15, -0.1) is 11.8 Å². The number of hydrogen-bond acceptors (Lipinski definition) is 4. The van der Waals surface area contributed by atoms with Gasteiger partial charge in [-0.05, 0) is 0 Å². The molecule has 0 amide bonds. The minimum atomic E-state index is 0.0648. The number of rotatable bonds is 0. The molecule has 0 bridgehead atoms. The summed E-state index contributed by atoms with van der Waals surface area (Å²) in [6.45, 7) is 0.839. The van der Waals surface area contributed by atoms with E-state index in [1.54, 1.807) is 11.8 Å². The van der Waals surface area contributed by atoms with Gasteiger partial charge in [0.05, 0.1) is 5.37 Å². The molecule has 0 aromatic carbocycles. The Morgan fingerprint density at radius 1 is 1.57 bits per heavy atom. The lowest BCUT2D eigenvalue weighted by Gasteiger charge is -1.96. The van der Waals surface area contributed by atoms with Gasteiger partial charge in [-0.25, -0.2) is 0 Å². The summed E-state index contributed by atoms with van der Waals surface area (Å²) < 4.78 is 0. The first kappa shape index (κ1) is 5.37. The fourth-order valence-corrected chi connectivity index (χ4v) is 1.28. The molecule has 2 atom stereocenters. The summed E-state index contributed by atoms with van der Waals surface area (Å²) in [5, 5.41) is 3.19. The highest BCUT2D eigenvalue weighted by Crippen LogP contribution is 2.12. The van der Waals surface area contributed by atoms with Crippen LogP contribution in [0.4, 0.5) is 0 Å². The number of nitrogens with two attached hydrogens (primary N) is 2. The van der Waals surface area contributed by atoms with Crippen LogP contribution in [-0.2, 0) is 0 Å². The molecule has 7 heavy (non-hydrogen) atoms. The van der Waals surface area contributed by atoms with Crippen molar-refractivity contribution in [2.24, 2.45) is 11.5 Å².